The molecule has 0 heterocycles. The van der Waals surface area contributed by atoms with Gasteiger partial charge in [-0.15, -0.1) is 0 Å². The Morgan fingerprint density at radius 1 is 0.352 bits per heavy atom. The Labute approximate surface area is 498 Å². The van der Waals surface area contributed by atoms with Gasteiger partial charge in [-0.2, -0.15) is 0 Å². The zero-order valence-electron chi connectivity index (χ0n) is 46.2. The number of hydrogen-bond donors (Lipinski definition) is 1. The van der Waals surface area contributed by atoms with E-state index < -0.39 is 25.9 Å². The van der Waals surface area contributed by atoms with Crippen molar-refractivity contribution < 1.29 is 62.3 Å². The van der Waals surface area contributed by atoms with Crippen LogP contribution in [0.2, 0.25) is 0 Å². The Balaban J connectivity index is -0.000000140. The molecule has 21 heteroatoms. The largest absolute Gasteiger partial charge is 0.465 e. The van der Waals surface area contributed by atoms with Gasteiger partial charge < -0.3 is 33.5 Å². The molecule has 0 aliphatic heterocycles. The second kappa shape index (κ2) is 51.7. The van der Waals surface area contributed by atoms with Gasteiger partial charge in [0.15, 0.2) is 0 Å². The van der Waals surface area contributed by atoms with Crippen molar-refractivity contribution in [1.82, 2.24) is 0 Å². The standard InChI is InChI=1S/C16H31BrO2.C10H19BrO2.C7H13BrO3.C6H11BrO2.2C4H6Br2O.C3H8O2/c1-4-5-6-7-8-9-10-11-12-13-14-19-15(18)16(2,3)17;1-4-5-6-7-8-13-9(12)10(2,3)11;1-7(2,8)6(9)11-5-4-10-3;1-4-9-5(8)6(2,3)7;2*1-4(2,6)3(5)7;1-5-3-2-4/h4-14H2,1-3H3;4-8H2,1-3H3;4-5H2,1-3H3;4H2,1-3H3;2*1-2H3;4H,2-3H2,1H3. The molecule has 0 unspecified atom stereocenters. The maximum atomic E-state index is 11.5. The van der Waals surface area contributed by atoms with Gasteiger partial charge in [0.1, 0.15) is 23.9 Å². The van der Waals surface area contributed by atoms with Gasteiger partial charge in [0, 0.05) is 14.2 Å². The number of halogens is 8. The number of esters is 4. The van der Waals surface area contributed by atoms with Crippen LogP contribution >= 0.6 is 127 Å². The molecular weight excluding hydrogens is 1450 g/mol. The van der Waals surface area contributed by atoms with Crippen LogP contribution in [0.5, 0.6) is 0 Å². The molecule has 0 saturated heterocycles. The quantitative estimate of drug-likeness (QED) is 0.0257. The molecule has 71 heavy (non-hydrogen) atoms. The maximum absolute atomic E-state index is 11.5. The Morgan fingerprint density at radius 2 is 0.577 bits per heavy atom. The highest BCUT2D eigenvalue weighted by atomic mass is 79.9. The third-order valence-corrected chi connectivity index (χ3v) is 13.0. The summed E-state index contributed by atoms with van der Waals surface area (Å²) in [5, 5.41) is 7.94. The van der Waals surface area contributed by atoms with Gasteiger partial charge in [0.2, 0.25) is 9.39 Å². The van der Waals surface area contributed by atoms with E-state index in [2.05, 4.69) is 146 Å². The zero-order chi connectivity index (χ0) is 57.6. The molecule has 0 atom stereocenters. The minimum Gasteiger partial charge on any atom is -0.465 e. The highest BCUT2D eigenvalue weighted by molar-refractivity contribution is 9.20. The predicted molar refractivity (Wildman–Crippen MR) is 322 cm³/mol. The molecule has 0 spiro atoms. The summed E-state index contributed by atoms with van der Waals surface area (Å²) in [6.07, 6.45) is 17.5. The van der Waals surface area contributed by atoms with Crippen LogP contribution in [-0.2, 0) is 57.2 Å². The van der Waals surface area contributed by atoms with Gasteiger partial charge in [-0.3, -0.25) is 28.8 Å². The normalized spacial score (nSPS) is 11.2. The smallest absolute Gasteiger partial charge is 0.322 e. The van der Waals surface area contributed by atoms with E-state index in [-0.39, 0.29) is 39.9 Å². The fourth-order valence-electron chi connectivity index (χ4n) is 3.57. The van der Waals surface area contributed by atoms with Crippen molar-refractivity contribution in [2.24, 2.45) is 0 Å². The van der Waals surface area contributed by atoms with Gasteiger partial charge >= 0.3 is 23.9 Å². The van der Waals surface area contributed by atoms with Crippen LogP contribution in [0.25, 0.3) is 0 Å². The molecule has 1 N–H and O–H groups in total. The van der Waals surface area contributed by atoms with E-state index in [0.29, 0.717) is 39.6 Å². The minimum atomic E-state index is -0.596. The average Bonchev–Trinajstić information content (AvgIpc) is 3.22. The van der Waals surface area contributed by atoms with Crippen molar-refractivity contribution in [2.75, 3.05) is 60.5 Å². The number of carbonyl (C=O) groups excluding carboxylic acids is 6. The van der Waals surface area contributed by atoms with Crippen LogP contribution in [0.4, 0.5) is 0 Å². The van der Waals surface area contributed by atoms with Crippen LogP contribution in [0.1, 0.15) is 194 Å². The van der Waals surface area contributed by atoms with Crippen molar-refractivity contribution in [3.05, 3.63) is 0 Å². The van der Waals surface area contributed by atoms with E-state index in [1.165, 1.54) is 70.6 Å². The molecule has 0 fully saturated rings. The summed E-state index contributed by atoms with van der Waals surface area (Å²) >= 11 is 24.8. The molecule has 13 nitrogen and oxygen atoms in total. The first kappa shape index (κ1) is 85.8. The van der Waals surface area contributed by atoms with Crippen molar-refractivity contribution in [3.8, 4) is 0 Å². The summed E-state index contributed by atoms with van der Waals surface area (Å²) in [6, 6.07) is 0. The number of methoxy groups -OCH3 is 2. The number of hydrogen-bond acceptors (Lipinski definition) is 13. The van der Waals surface area contributed by atoms with Gasteiger partial charge in [-0.05, 0) is 135 Å². The summed E-state index contributed by atoms with van der Waals surface area (Å²) in [5.74, 6) is -0.827. The molecule has 0 bridgehead atoms. The molecule has 0 aliphatic carbocycles. The first-order valence-electron chi connectivity index (χ1n) is 24.0. The molecule has 0 aromatic rings. The van der Waals surface area contributed by atoms with Crippen LogP contribution in [0.3, 0.4) is 0 Å². The van der Waals surface area contributed by atoms with Crippen molar-refractivity contribution in [1.29, 1.82) is 0 Å². The molecule has 0 saturated carbocycles. The SMILES string of the molecule is CC(C)(Br)C(=O)Br.CC(C)(Br)C(=O)Br.CCCCCCCCCCCCOC(=O)C(C)(C)Br.CCCCCCOC(=O)C(C)(C)Br.CCOC(=O)C(C)(C)Br.COCCO.COCCOC(=O)C(C)(C)Br. The second-order valence-corrected chi connectivity index (χ2v) is 31.8. The summed E-state index contributed by atoms with van der Waals surface area (Å²) in [6.45, 7) is 30.4. The van der Waals surface area contributed by atoms with Gasteiger partial charge in [0.05, 0.1) is 48.3 Å². The highest BCUT2D eigenvalue weighted by Crippen LogP contribution is 2.22. The number of carbonyl (C=O) groups is 6. The number of unbranched alkanes of at least 4 members (excludes halogenated alkanes) is 12. The van der Waals surface area contributed by atoms with E-state index in [0.717, 1.165) is 19.3 Å². The van der Waals surface area contributed by atoms with Gasteiger partial charge in [-0.25, -0.2) is 0 Å². The number of alkyl halides is 6. The molecular formula is C50H94Br8O13. The third kappa shape index (κ3) is 75.2. The van der Waals surface area contributed by atoms with Crippen LogP contribution < -0.4 is 0 Å². The first-order chi connectivity index (χ1) is 32.2. The minimum absolute atomic E-state index is 0.0278. The highest BCUT2D eigenvalue weighted by Gasteiger charge is 2.27. The molecule has 0 rings (SSSR count). The summed E-state index contributed by atoms with van der Waals surface area (Å²) < 4.78 is 25.9. The topological polar surface area (TPSA) is 178 Å². The van der Waals surface area contributed by atoms with Crippen molar-refractivity contribution in [3.63, 3.8) is 0 Å². The number of aliphatic hydroxyl groups excluding tert-OH is 1. The molecule has 0 aromatic carbocycles. The number of aliphatic hydroxyl groups is 1. The Morgan fingerprint density at radius 3 is 0.761 bits per heavy atom. The molecule has 0 amide bonds. The third-order valence-electron chi connectivity index (χ3n) is 7.93. The predicted octanol–water partition coefficient (Wildman–Crippen LogP) is 15.8. The number of ether oxygens (including phenoxy) is 6. The fourth-order valence-corrected chi connectivity index (χ4v) is 4.03. The lowest BCUT2D eigenvalue weighted by atomic mass is 10.1. The molecule has 0 aromatic heterocycles. The Hall–Kier alpha value is 0.940. The van der Waals surface area contributed by atoms with Crippen molar-refractivity contribution >= 4 is 161 Å². The Kier molecular flexibility index (Phi) is 62.5. The second-order valence-electron chi connectivity index (χ2n) is 18.5. The monoisotopic (exact) mass is 1530 g/mol. The van der Waals surface area contributed by atoms with Crippen LogP contribution in [-0.4, -0.2) is 125 Å². The van der Waals surface area contributed by atoms with E-state index in [9.17, 15) is 28.8 Å². The van der Waals surface area contributed by atoms with Crippen LogP contribution in [0.15, 0.2) is 0 Å². The fraction of sp³-hybridized carbons (Fsp3) is 0.880. The van der Waals surface area contributed by atoms with E-state index in [1.807, 2.05) is 13.8 Å². The lowest BCUT2D eigenvalue weighted by molar-refractivity contribution is -0.147. The van der Waals surface area contributed by atoms with Crippen molar-refractivity contribution in [2.45, 2.75) is 220 Å². The zero-order valence-corrected chi connectivity index (χ0v) is 58.9. The molecule has 0 aliphatic rings. The van der Waals surface area contributed by atoms with E-state index >= 15 is 0 Å². The van der Waals surface area contributed by atoms with E-state index in [4.69, 9.17) is 28.8 Å². The molecule has 428 valence electrons. The summed E-state index contributed by atoms with van der Waals surface area (Å²) in [4.78, 5) is 65.2. The summed E-state index contributed by atoms with van der Waals surface area (Å²) in [7, 11) is 3.11. The van der Waals surface area contributed by atoms with Gasteiger partial charge in [0.25, 0.3) is 0 Å². The van der Waals surface area contributed by atoms with Gasteiger partial charge in [-0.1, -0.05) is 186 Å². The number of rotatable bonds is 28. The lowest BCUT2D eigenvalue weighted by Crippen LogP contribution is -2.27. The van der Waals surface area contributed by atoms with E-state index in [1.54, 1.807) is 90.4 Å². The average molecular weight is 1540 g/mol. The van der Waals surface area contributed by atoms with Crippen LogP contribution in [0, 0.1) is 0 Å². The maximum Gasteiger partial charge on any atom is 0.322 e. The Bertz CT molecular complexity index is 1290. The first-order valence-corrected chi connectivity index (χ1v) is 30.4. The molecule has 0 radical (unpaired) electrons. The lowest BCUT2D eigenvalue weighted by Gasteiger charge is -2.14. The summed E-state index contributed by atoms with van der Waals surface area (Å²) in [5.41, 5.74) is 0.